The Morgan fingerprint density at radius 2 is 1.86 bits per heavy atom. The summed E-state index contributed by atoms with van der Waals surface area (Å²) in [6.07, 6.45) is 3.72. The average Bonchev–Trinajstić information content (AvgIpc) is 2.71. The van der Waals surface area contributed by atoms with Gasteiger partial charge < -0.3 is 4.90 Å². The number of likely N-dealkylation sites (tertiary alicyclic amines) is 1. The van der Waals surface area contributed by atoms with Gasteiger partial charge in [0.1, 0.15) is 0 Å². The Bertz CT molecular complexity index is 1100. The molecule has 3 aromatic carbocycles. The van der Waals surface area contributed by atoms with E-state index >= 15 is 0 Å². The predicted molar refractivity (Wildman–Crippen MR) is 116 cm³/mol. The summed E-state index contributed by atoms with van der Waals surface area (Å²) in [5, 5.41) is 2.62. The molecule has 1 aliphatic heterocycles. The molecule has 1 unspecified atom stereocenters. The number of carbonyl (C=O) groups is 1. The number of aryl methyl sites for hydroxylation is 2. The van der Waals surface area contributed by atoms with Gasteiger partial charge in [0.2, 0.25) is 5.91 Å². The summed E-state index contributed by atoms with van der Waals surface area (Å²) in [5.74, 6) is 0.300. The number of hydrogen-bond donors (Lipinski definition) is 0. The van der Waals surface area contributed by atoms with E-state index in [9.17, 15) is 4.79 Å². The van der Waals surface area contributed by atoms with Crippen LogP contribution in [0.5, 0.6) is 0 Å². The van der Waals surface area contributed by atoms with E-state index in [0.29, 0.717) is 18.4 Å². The molecule has 0 spiro atoms. The molecule has 2 nitrogen and oxygen atoms in total. The van der Waals surface area contributed by atoms with Crippen LogP contribution in [0.15, 0.2) is 54.6 Å². The number of benzene rings is 3. The van der Waals surface area contributed by atoms with Crippen molar-refractivity contribution in [3.63, 3.8) is 0 Å². The first-order valence-corrected chi connectivity index (χ1v) is 10.4. The summed E-state index contributed by atoms with van der Waals surface area (Å²) in [4.78, 5) is 14.2. The molecule has 0 bridgehead atoms. The fraction of sp³-hybridized carbons (Fsp3) is 0.346. The lowest BCUT2D eigenvalue weighted by Gasteiger charge is -2.50. The fourth-order valence-electron chi connectivity index (χ4n) is 5.71. The molecule has 2 atom stereocenters. The maximum atomic E-state index is 12.2. The minimum atomic E-state index is 0.0720. The van der Waals surface area contributed by atoms with E-state index in [1.807, 2.05) is 11.9 Å². The topological polar surface area (TPSA) is 20.3 Å². The molecule has 1 saturated heterocycles. The summed E-state index contributed by atoms with van der Waals surface area (Å²) in [6.45, 7) is 4.57. The number of amides is 1. The van der Waals surface area contributed by atoms with Gasteiger partial charge in [0.15, 0.2) is 0 Å². The molecule has 5 rings (SSSR count). The SMILES string of the molecule is Cc1ccc2ccccc2c1-c1ccc2c(c1)CCC1N(C)C(=O)CC[C@]21C. The third kappa shape index (κ3) is 2.44. The molecule has 3 aromatic rings. The van der Waals surface area contributed by atoms with Gasteiger partial charge in [-0.05, 0) is 64.8 Å². The maximum absolute atomic E-state index is 12.2. The van der Waals surface area contributed by atoms with Gasteiger partial charge in [-0.3, -0.25) is 4.79 Å². The highest BCUT2D eigenvalue weighted by Gasteiger charge is 2.46. The van der Waals surface area contributed by atoms with Crippen molar-refractivity contribution in [2.45, 2.75) is 51.0 Å². The van der Waals surface area contributed by atoms with Crippen molar-refractivity contribution >= 4 is 16.7 Å². The molecule has 0 saturated carbocycles. The fourth-order valence-corrected chi connectivity index (χ4v) is 5.71. The van der Waals surface area contributed by atoms with Gasteiger partial charge in [-0.1, -0.05) is 61.5 Å². The molecule has 0 N–H and O–H groups in total. The van der Waals surface area contributed by atoms with Crippen molar-refractivity contribution in [1.29, 1.82) is 0 Å². The lowest BCUT2D eigenvalue weighted by Crippen LogP contribution is -2.56. The highest BCUT2D eigenvalue weighted by molar-refractivity contribution is 5.98. The Morgan fingerprint density at radius 1 is 1.04 bits per heavy atom. The Labute approximate surface area is 167 Å². The Hall–Kier alpha value is -2.61. The van der Waals surface area contributed by atoms with Gasteiger partial charge in [0, 0.05) is 24.9 Å². The largest absolute Gasteiger partial charge is 0.342 e. The Morgan fingerprint density at radius 3 is 2.71 bits per heavy atom. The third-order valence-electron chi connectivity index (χ3n) is 7.29. The van der Waals surface area contributed by atoms with E-state index < -0.39 is 0 Å². The smallest absolute Gasteiger partial charge is 0.222 e. The van der Waals surface area contributed by atoms with E-state index in [-0.39, 0.29) is 5.41 Å². The molecule has 0 radical (unpaired) electrons. The number of likely N-dealkylation sites (N-methyl/N-ethyl adjacent to an activating group) is 1. The second-order valence-electron chi connectivity index (χ2n) is 8.83. The summed E-state index contributed by atoms with van der Waals surface area (Å²) in [7, 11) is 1.99. The quantitative estimate of drug-likeness (QED) is 0.543. The van der Waals surface area contributed by atoms with E-state index in [2.05, 4.69) is 68.4 Å². The maximum Gasteiger partial charge on any atom is 0.222 e. The zero-order valence-electron chi connectivity index (χ0n) is 17.0. The highest BCUT2D eigenvalue weighted by Crippen LogP contribution is 2.46. The van der Waals surface area contributed by atoms with Gasteiger partial charge in [-0.25, -0.2) is 0 Å². The van der Waals surface area contributed by atoms with E-state index in [4.69, 9.17) is 0 Å². The number of fused-ring (bicyclic) bond motifs is 4. The van der Waals surface area contributed by atoms with Crippen LogP contribution in [0, 0.1) is 6.92 Å². The predicted octanol–water partition coefficient (Wildman–Crippen LogP) is 5.64. The monoisotopic (exact) mass is 369 g/mol. The molecular weight excluding hydrogens is 342 g/mol. The standard InChI is InChI=1S/C26H27NO/c1-17-8-9-18-6-4-5-7-21(18)25(17)20-10-12-22-19(16-20)11-13-23-26(22,2)15-14-24(28)27(23)3/h4-10,12,16,23H,11,13-15H2,1-3H3/t23?,26-/m1/s1. The van der Waals surface area contributed by atoms with E-state index in [1.54, 1.807) is 0 Å². The lowest BCUT2D eigenvalue weighted by atomic mass is 9.63. The minimum absolute atomic E-state index is 0.0720. The van der Waals surface area contributed by atoms with Gasteiger partial charge in [-0.15, -0.1) is 0 Å². The van der Waals surface area contributed by atoms with Crippen LogP contribution in [-0.4, -0.2) is 23.9 Å². The lowest BCUT2D eigenvalue weighted by molar-refractivity contribution is -0.138. The second kappa shape index (κ2) is 6.20. The van der Waals surface area contributed by atoms with Crippen LogP contribution >= 0.6 is 0 Å². The van der Waals surface area contributed by atoms with Crippen molar-refractivity contribution < 1.29 is 4.79 Å². The van der Waals surface area contributed by atoms with E-state index in [0.717, 1.165) is 19.3 Å². The average molecular weight is 370 g/mol. The van der Waals surface area contributed by atoms with Crippen LogP contribution in [0.3, 0.4) is 0 Å². The van der Waals surface area contributed by atoms with Crippen molar-refractivity contribution in [2.24, 2.45) is 0 Å². The molecule has 1 fully saturated rings. The first-order chi connectivity index (χ1) is 13.5. The van der Waals surface area contributed by atoms with Gasteiger partial charge in [0.05, 0.1) is 0 Å². The molecule has 142 valence electrons. The molecular formula is C26H27NO. The van der Waals surface area contributed by atoms with Crippen LogP contribution in [0.25, 0.3) is 21.9 Å². The Balaban J connectivity index is 1.65. The Kier molecular flexibility index (Phi) is 3.87. The van der Waals surface area contributed by atoms with Crippen LogP contribution in [0.4, 0.5) is 0 Å². The van der Waals surface area contributed by atoms with Gasteiger partial charge >= 0.3 is 0 Å². The number of nitrogens with zero attached hydrogens (tertiary/aromatic N) is 1. The summed E-state index contributed by atoms with van der Waals surface area (Å²) < 4.78 is 0. The molecule has 28 heavy (non-hydrogen) atoms. The van der Waals surface area contributed by atoms with Crippen LogP contribution in [0.2, 0.25) is 0 Å². The van der Waals surface area contributed by atoms with Crippen LogP contribution in [-0.2, 0) is 16.6 Å². The van der Waals surface area contributed by atoms with Gasteiger partial charge in [-0.2, -0.15) is 0 Å². The van der Waals surface area contributed by atoms with Crippen molar-refractivity contribution in [2.75, 3.05) is 7.05 Å². The first-order valence-electron chi connectivity index (χ1n) is 10.4. The molecule has 1 aliphatic carbocycles. The molecule has 0 aromatic heterocycles. The minimum Gasteiger partial charge on any atom is -0.342 e. The number of carbonyl (C=O) groups excluding carboxylic acids is 1. The van der Waals surface area contributed by atoms with Gasteiger partial charge in [0.25, 0.3) is 0 Å². The zero-order chi connectivity index (χ0) is 19.5. The van der Waals surface area contributed by atoms with Crippen molar-refractivity contribution in [3.8, 4) is 11.1 Å². The molecule has 1 heterocycles. The molecule has 1 amide bonds. The molecule has 2 heteroatoms. The third-order valence-corrected chi connectivity index (χ3v) is 7.29. The molecule has 2 aliphatic rings. The zero-order valence-corrected chi connectivity index (χ0v) is 17.0. The number of hydrogen-bond acceptors (Lipinski definition) is 1. The summed E-state index contributed by atoms with van der Waals surface area (Å²) >= 11 is 0. The van der Waals surface area contributed by atoms with Crippen molar-refractivity contribution in [1.82, 2.24) is 4.90 Å². The highest BCUT2D eigenvalue weighted by atomic mass is 16.2. The number of piperidine rings is 1. The first kappa shape index (κ1) is 17.5. The number of rotatable bonds is 1. The summed E-state index contributed by atoms with van der Waals surface area (Å²) in [6, 6.07) is 20.5. The normalized spacial score (nSPS) is 24.2. The second-order valence-corrected chi connectivity index (χ2v) is 8.83. The van der Waals surface area contributed by atoms with Crippen LogP contribution in [0.1, 0.15) is 42.9 Å². The van der Waals surface area contributed by atoms with Crippen LogP contribution < -0.4 is 0 Å². The summed E-state index contributed by atoms with van der Waals surface area (Å²) in [5.41, 5.74) is 6.97. The van der Waals surface area contributed by atoms with E-state index in [1.165, 1.54) is 38.6 Å². The van der Waals surface area contributed by atoms with Crippen molar-refractivity contribution in [3.05, 3.63) is 71.3 Å².